The van der Waals surface area contributed by atoms with Gasteiger partial charge in [0.25, 0.3) is 0 Å². The van der Waals surface area contributed by atoms with Crippen LogP contribution in [0.1, 0.15) is 65.0 Å². The highest BCUT2D eigenvalue weighted by Gasteiger charge is 2.27. The summed E-state index contributed by atoms with van der Waals surface area (Å²) in [6.45, 7) is 6.29. The van der Waals surface area contributed by atoms with Gasteiger partial charge >= 0.3 is 0 Å². The van der Waals surface area contributed by atoms with Gasteiger partial charge in [0.15, 0.2) is 0 Å². The highest BCUT2D eigenvalue weighted by molar-refractivity contribution is 5.44. The molecule has 0 aliphatic heterocycles. The van der Waals surface area contributed by atoms with Crippen molar-refractivity contribution in [1.29, 1.82) is 0 Å². The van der Waals surface area contributed by atoms with E-state index in [0.29, 0.717) is 0 Å². The SMILES string of the molecule is CNC(c1ccccc1C1CCC1)c1c(C)oc(C)c1C. The van der Waals surface area contributed by atoms with E-state index in [9.17, 15) is 0 Å². The zero-order chi connectivity index (χ0) is 15.0. The van der Waals surface area contributed by atoms with Crippen LogP contribution in [0.4, 0.5) is 0 Å². The molecule has 3 rings (SSSR count). The van der Waals surface area contributed by atoms with Crippen LogP contribution in [-0.4, -0.2) is 7.05 Å². The molecule has 0 saturated heterocycles. The lowest BCUT2D eigenvalue weighted by molar-refractivity contribution is 0.414. The number of benzene rings is 1. The van der Waals surface area contributed by atoms with Crippen LogP contribution in [0.5, 0.6) is 0 Å². The Morgan fingerprint density at radius 3 is 2.33 bits per heavy atom. The first-order chi connectivity index (χ1) is 10.1. The average molecular weight is 283 g/mol. The van der Waals surface area contributed by atoms with E-state index in [-0.39, 0.29) is 6.04 Å². The second kappa shape index (κ2) is 5.69. The Morgan fingerprint density at radius 1 is 1.10 bits per heavy atom. The van der Waals surface area contributed by atoms with Gasteiger partial charge in [0.2, 0.25) is 0 Å². The molecular weight excluding hydrogens is 258 g/mol. The number of hydrogen-bond acceptors (Lipinski definition) is 2. The first kappa shape index (κ1) is 14.4. The Kier molecular flexibility index (Phi) is 3.90. The van der Waals surface area contributed by atoms with Crippen LogP contribution in [0.15, 0.2) is 28.7 Å². The molecule has 1 atom stereocenters. The zero-order valence-corrected chi connectivity index (χ0v) is 13.5. The molecule has 2 nitrogen and oxygen atoms in total. The molecule has 0 amide bonds. The van der Waals surface area contributed by atoms with E-state index in [1.807, 2.05) is 7.05 Å². The summed E-state index contributed by atoms with van der Waals surface area (Å²) in [6.07, 6.45) is 4.03. The molecule has 1 aliphatic carbocycles. The average Bonchev–Trinajstić information content (AvgIpc) is 2.66. The summed E-state index contributed by atoms with van der Waals surface area (Å²) in [5, 5.41) is 3.51. The van der Waals surface area contributed by atoms with Crippen molar-refractivity contribution in [3.63, 3.8) is 0 Å². The highest BCUT2D eigenvalue weighted by Crippen LogP contribution is 2.41. The molecule has 1 saturated carbocycles. The molecule has 1 heterocycles. The zero-order valence-electron chi connectivity index (χ0n) is 13.5. The summed E-state index contributed by atoms with van der Waals surface area (Å²) in [5.41, 5.74) is 5.51. The third-order valence-electron chi connectivity index (χ3n) is 5.05. The van der Waals surface area contributed by atoms with E-state index in [1.54, 1.807) is 0 Å². The van der Waals surface area contributed by atoms with Crippen LogP contribution in [0.3, 0.4) is 0 Å². The molecule has 1 fully saturated rings. The van der Waals surface area contributed by atoms with Crippen molar-refractivity contribution in [2.24, 2.45) is 0 Å². The van der Waals surface area contributed by atoms with Gasteiger partial charge in [-0.15, -0.1) is 0 Å². The van der Waals surface area contributed by atoms with E-state index >= 15 is 0 Å². The third kappa shape index (κ3) is 2.42. The third-order valence-corrected chi connectivity index (χ3v) is 5.05. The van der Waals surface area contributed by atoms with E-state index in [2.05, 4.69) is 50.4 Å². The van der Waals surface area contributed by atoms with E-state index in [0.717, 1.165) is 17.4 Å². The van der Waals surface area contributed by atoms with Crippen molar-refractivity contribution in [1.82, 2.24) is 5.32 Å². The summed E-state index contributed by atoms with van der Waals surface area (Å²) >= 11 is 0. The minimum absolute atomic E-state index is 0.222. The number of aryl methyl sites for hydroxylation is 2. The van der Waals surface area contributed by atoms with Gasteiger partial charge in [0, 0.05) is 5.56 Å². The summed E-state index contributed by atoms with van der Waals surface area (Å²) in [4.78, 5) is 0. The monoisotopic (exact) mass is 283 g/mol. The fraction of sp³-hybridized carbons (Fsp3) is 0.474. The summed E-state index contributed by atoms with van der Waals surface area (Å²) in [6, 6.07) is 9.13. The van der Waals surface area contributed by atoms with E-state index < -0.39 is 0 Å². The second-order valence-electron chi connectivity index (χ2n) is 6.23. The Morgan fingerprint density at radius 2 is 1.81 bits per heavy atom. The smallest absolute Gasteiger partial charge is 0.106 e. The van der Waals surface area contributed by atoms with Crippen molar-refractivity contribution in [3.8, 4) is 0 Å². The molecule has 0 spiro atoms. The van der Waals surface area contributed by atoms with Crippen molar-refractivity contribution >= 4 is 0 Å². The molecule has 112 valence electrons. The Balaban J connectivity index is 2.08. The van der Waals surface area contributed by atoms with Gasteiger partial charge < -0.3 is 9.73 Å². The first-order valence-corrected chi connectivity index (χ1v) is 7.96. The number of furan rings is 1. The van der Waals surface area contributed by atoms with Gasteiger partial charge in [-0.05, 0) is 63.3 Å². The minimum atomic E-state index is 0.222. The summed E-state index contributed by atoms with van der Waals surface area (Å²) < 4.78 is 5.85. The van der Waals surface area contributed by atoms with Crippen LogP contribution in [0, 0.1) is 20.8 Å². The Labute approximate surface area is 127 Å². The predicted molar refractivity (Wildman–Crippen MR) is 86.9 cm³/mol. The lowest BCUT2D eigenvalue weighted by Gasteiger charge is -2.30. The lowest BCUT2D eigenvalue weighted by atomic mass is 9.76. The molecule has 21 heavy (non-hydrogen) atoms. The molecule has 2 aromatic rings. The van der Waals surface area contributed by atoms with Crippen LogP contribution < -0.4 is 5.32 Å². The standard InChI is InChI=1S/C19H25NO/c1-12-13(2)21-14(3)18(12)19(20-4)17-11-6-5-10-16(17)15-8-7-9-15/h5-6,10-11,15,19-20H,7-9H2,1-4H3. The van der Waals surface area contributed by atoms with Gasteiger partial charge in [-0.3, -0.25) is 0 Å². The molecule has 1 N–H and O–H groups in total. The quantitative estimate of drug-likeness (QED) is 0.873. The second-order valence-corrected chi connectivity index (χ2v) is 6.23. The van der Waals surface area contributed by atoms with Crippen molar-refractivity contribution < 1.29 is 4.42 Å². The fourth-order valence-corrected chi connectivity index (χ4v) is 3.55. The van der Waals surface area contributed by atoms with Gasteiger partial charge in [-0.1, -0.05) is 30.7 Å². The van der Waals surface area contributed by atoms with Gasteiger partial charge in [0.1, 0.15) is 11.5 Å². The highest BCUT2D eigenvalue weighted by atomic mass is 16.3. The molecular formula is C19H25NO. The van der Waals surface area contributed by atoms with Crippen molar-refractivity contribution in [2.75, 3.05) is 7.05 Å². The Hall–Kier alpha value is -1.54. The topological polar surface area (TPSA) is 25.2 Å². The van der Waals surface area contributed by atoms with Gasteiger partial charge in [0.05, 0.1) is 6.04 Å². The normalized spacial score (nSPS) is 16.8. The minimum Gasteiger partial charge on any atom is -0.466 e. The van der Waals surface area contributed by atoms with Crippen LogP contribution in [-0.2, 0) is 0 Å². The lowest BCUT2D eigenvalue weighted by Crippen LogP contribution is -2.22. The van der Waals surface area contributed by atoms with Gasteiger partial charge in [-0.25, -0.2) is 0 Å². The Bertz CT molecular complexity index is 637. The molecule has 1 aliphatic rings. The maximum absolute atomic E-state index is 5.85. The van der Waals surface area contributed by atoms with Crippen LogP contribution in [0.2, 0.25) is 0 Å². The summed E-state index contributed by atoms with van der Waals surface area (Å²) in [5.74, 6) is 2.81. The first-order valence-electron chi connectivity index (χ1n) is 7.96. The van der Waals surface area contributed by atoms with E-state index in [1.165, 1.54) is 41.5 Å². The van der Waals surface area contributed by atoms with Gasteiger partial charge in [-0.2, -0.15) is 0 Å². The number of nitrogens with one attached hydrogen (secondary N) is 1. The number of rotatable bonds is 4. The predicted octanol–water partition coefficient (Wildman–Crippen LogP) is 4.78. The largest absolute Gasteiger partial charge is 0.466 e. The molecule has 1 aromatic carbocycles. The van der Waals surface area contributed by atoms with E-state index in [4.69, 9.17) is 4.42 Å². The molecule has 2 heteroatoms. The van der Waals surface area contributed by atoms with Crippen LogP contribution >= 0.6 is 0 Å². The molecule has 1 aromatic heterocycles. The molecule has 1 unspecified atom stereocenters. The van der Waals surface area contributed by atoms with Crippen LogP contribution in [0.25, 0.3) is 0 Å². The maximum atomic E-state index is 5.85. The van der Waals surface area contributed by atoms with Crippen molar-refractivity contribution in [3.05, 3.63) is 58.0 Å². The number of hydrogen-bond donors (Lipinski definition) is 1. The molecule has 0 bridgehead atoms. The van der Waals surface area contributed by atoms with Crippen molar-refractivity contribution in [2.45, 2.75) is 52.0 Å². The summed E-state index contributed by atoms with van der Waals surface area (Å²) in [7, 11) is 2.05. The fourth-order valence-electron chi connectivity index (χ4n) is 3.55. The maximum Gasteiger partial charge on any atom is 0.106 e. The molecule has 0 radical (unpaired) electrons.